The minimum Gasteiger partial charge on any atom is -0.257 e. The minimum absolute atomic E-state index is 0.0508. The van der Waals surface area contributed by atoms with Crippen molar-refractivity contribution in [1.29, 1.82) is 0 Å². The molecule has 0 amide bonds. The number of hydrogen-bond donors (Lipinski definition) is 0. The summed E-state index contributed by atoms with van der Waals surface area (Å²) in [6, 6.07) is 0. The third kappa shape index (κ3) is 5.46. The molecule has 2 unspecified atom stereocenters. The molecule has 0 bridgehead atoms. The van der Waals surface area contributed by atoms with E-state index in [2.05, 4.69) is 8.37 Å². The summed E-state index contributed by atoms with van der Waals surface area (Å²) >= 11 is 0. The maximum atomic E-state index is 12.4. The first-order valence-electron chi connectivity index (χ1n) is 6.27. The summed E-state index contributed by atoms with van der Waals surface area (Å²) in [5.41, 5.74) is -13.1. The van der Waals surface area contributed by atoms with Gasteiger partial charge in [0.2, 0.25) is 0 Å². The van der Waals surface area contributed by atoms with Crippen LogP contribution in [0.2, 0.25) is 0 Å². The Kier molecular flexibility index (Phi) is 6.78. The van der Waals surface area contributed by atoms with Crippen molar-refractivity contribution < 1.29 is 51.5 Å². The minimum atomic E-state index is -6.18. The van der Waals surface area contributed by atoms with Crippen molar-refractivity contribution in [1.82, 2.24) is 0 Å². The van der Waals surface area contributed by atoms with Crippen LogP contribution in [0.5, 0.6) is 0 Å². The van der Waals surface area contributed by atoms with Crippen LogP contribution in [0, 0.1) is 5.41 Å². The van der Waals surface area contributed by atoms with Gasteiger partial charge in [0.15, 0.2) is 0 Å². The van der Waals surface area contributed by atoms with Gasteiger partial charge in [0, 0.05) is 0 Å². The zero-order valence-corrected chi connectivity index (χ0v) is 14.5. The molecule has 24 heavy (non-hydrogen) atoms. The fourth-order valence-electron chi connectivity index (χ4n) is 1.54. The number of alkyl halides is 6. The maximum absolute atomic E-state index is 12.4. The van der Waals surface area contributed by atoms with Gasteiger partial charge >= 0.3 is 31.3 Å². The fraction of sp³-hybridized carbons (Fsp3) is 1.00. The summed E-state index contributed by atoms with van der Waals surface area (Å²) in [4.78, 5) is 0. The van der Waals surface area contributed by atoms with E-state index in [4.69, 9.17) is 0 Å². The van der Waals surface area contributed by atoms with E-state index in [1.807, 2.05) is 0 Å². The topological polar surface area (TPSA) is 86.7 Å². The molecule has 0 aromatic rings. The van der Waals surface area contributed by atoms with Gasteiger partial charge in [-0.1, -0.05) is 20.8 Å². The molecule has 0 heterocycles. The zero-order valence-electron chi connectivity index (χ0n) is 12.9. The van der Waals surface area contributed by atoms with Crippen molar-refractivity contribution in [2.45, 2.75) is 57.3 Å². The lowest BCUT2D eigenvalue weighted by atomic mass is 9.81. The van der Waals surface area contributed by atoms with Crippen molar-refractivity contribution in [3.05, 3.63) is 0 Å². The first-order chi connectivity index (χ1) is 10.3. The van der Waals surface area contributed by atoms with E-state index in [1.165, 1.54) is 20.8 Å². The molecule has 14 heteroatoms. The number of hydrogen-bond acceptors (Lipinski definition) is 6. The molecular weight excluding hydrogens is 394 g/mol. The Morgan fingerprint density at radius 3 is 1.46 bits per heavy atom. The van der Waals surface area contributed by atoms with E-state index in [0.717, 1.165) is 0 Å². The Morgan fingerprint density at radius 1 is 0.833 bits per heavy atom. The average Bonchev–Trinajstić information content (AvgIpc) is 2.32. The van der Waals surface area contributed by atoms with Crippen LogP contribution in [-0.2, 0) is 28.6 Å². The van der Waals surface area contributed by atoms with Gasteiger partial charge in [0.05, 0.1) is 0 Å². The van der Waals surface area contributed by atoms with Crippen LogP contribution in [0.15, 0.2) is 0 Å². The van der Waals surface area contributed by atoms with Crippen molar-refractivity contribution in [3.63, 3.8) is 0 Å². The van der Waals surface area contributed by atoms with Gasteiger partial charge in [-0.25, -0.2) is 0 Å². The molecule has 0 fully saturated rings. The van der Waals surface area contributed by atoms with E-state index >= 15 is 0 Å². The van der Waals surface area contributed by atoms with E-state index in [-0.39, 0.29) is 6.42 Å². The maximum Gasteiger partial charge on any atom is 0.523 e. The largest absolute Gasteiger partial charge is 0.523 e. The Balaban J connectivity index is 5.79. The van der Waals surface area contributed by atoms with Crippen molar-refractivity contribution >= 4 is 20.2 Å². The predicted molar refractivity (Wildman–Crippen MR) is 69.4 cm³/mol. The second-order valence-corrected chi connectivity index (χ2v) is 8.59. The van der Waals surface area contributed by atoms with Crippen LogP contribution in [-0.4, -0.2) is 40.1 Å². The molecule has 6 nitrogen and oxygen atoms in total. The molecule has 0 aliphatic heterocycles. The van der Waals surface area contributed by atoms with Crippen molar-refractivity contribution in [2.24, 2.45) is 5.41 Å². The Hall–Kier alpha value is -0.600. The van der Waals surface area contributed by atoms with Gasteiger partial charge in [-0.2, -0.15) is 43.2 Å². The molecule has 0 spiro atoms. The Bertz CT molecular complexity index is 634. The molecule has 0 saturated heterocycles. The van der Waals surface area contributed by atoms with E-state index < -0.39 is 48.9 Å². The second kappa shape index (κ2) is 6.96. The lowest BCUT2D eigenvalue weighted by molar-refractivity contribution is -0.0823. The normalized spacial score (nSPS) is 17.6. The van der Waals surface area contributed by atoms with Crippen LogP contribution < -0.4 is 0 Å². The molecule has 0 aliphatic rings. The van der Waals surface area contributed by atoms with Crippen LogP contribution in [0.25, 0.3) is 0 Å². The molecule has 146 valence electrons. The number of rotatable bonds is 7. The second-order valence-electron chi connectivity index (χ2n) is 5.46. The highest BCUT2D eigenvalue weighted by molar-refractivity contribution is 7.88. The molecule has 0 aromatic carbocycles. The summed E-state index contributed by atoms with van der Waals surface area (Å²) in [7, 11) is -12.3. The lowest BCUT2D eigenvalue weighted by Gasteiger charge is -2.36. The van der Waals surface area contributed by atoms with E-state index in [1.54, 1.807) is 0 Å². The van der Waals surface area contributed by atoms with Gasteiger partial charge in [-0.15, -0.1) is 0 Å². The third-order valence-corrected chi connectivity index (χ3v) is 5.34. The monoisotopic (exact) mass is 410 g/mol. The van der Waals surface area contributed by atoms with Crippen molar-refractivity contribution in [3.8, 4) is 0 Å². The Labute approximate surface area is 135 Å². The van der Waals surface area contributed by atoms with Crippen LogP contribution in [0.4, 0.5) is 26.3 Å². The summed E-state index contributed by atoms with van der Waals surface area (Å²) in [5, 5.41) is 0. The fourth-order valence-corrected chi connectivity index (χ4v) is 2.95. The molecule has 0 rings (SSSR count). The van der Waals surface area contributed by atoms with Crippen LogP contribution in [0.3, 0.4) is 0 Å². The number of halogens is 6. The molecule has 0 aromatic heterocycles. The lowest BCUT2D eigenvalue weighted by Crippen LogP contribution is -2.46. The molecular formula is C10H16F6O6S2. The smallest absolute Gasteiger partial charge is 0.257 e. The molecule has 0 radical (unpaired) electrons. The summed E-state index contributed by atoms with van der Waals surface area (Å²) < 4.78 is 126. The van der Waals surface area contributed by atoms with Gasteiger partial charge in [0.25, 0.3) is 0 Å². The predicted octanol–water partition coefficient (Wildman–Crippen LogP) is 2.91. The molecule has 0 aliphatic carbocycles. The highest BCUT2D eigenvalue weighted by atomic mass is 32.2. The average molecular weight is 410 g/mol. The first kappa shape index (κ1) is 23.4. The van der Waals surface area contributed by atoms with Crippen LogP contribution >= 0.6 is 0 Å². The summed E-state index contributed by atoms with van der Waals surface area (Å²) in [6.07, 6.45) is -4.36. The standard InChI is InChI=1S/C10H16F6O6S2/c1-5-8(3,4)7(22-24(19,20)10(14,15)16)6(2)21-23(17,18)9(11,12)13/h6-7H,5H2,1-4H3. The SMILES string of the molecule is CCC(C)(C)C(OS(=O)(=O)C(F)(F)F)C(C)OS(=O)(=O)C(F)(F)F. The molecule has 0 saturated carbocycles. The summed E-state index contributed by atoms with van der Waals surface area (Å²) in [5.74, 6) is 0. The Morgan fingerprint density at radius 2 is 1.17 bits per heavy atom. The first-order valence-corrected chi connectivity index (χ1v) is 9.09. The van der Waals surface area contributed by atoms with Gasteiger partial charge in [-0.05, 0) is 18.8 Å². The van der Waals surface area contributed by atoms with Gasteiger partial charge in [0.1, 0.15) is 12.2 Å². The third-order valence-electron chi connectivity index (χ3n) is 3.18. The highest BCUT2D eigenvalue weighted by Crippen LogP contribution is 2.37. The van der Waals surface area contributed by atoms with E-state index in [0.29, 0.717) is 6.92 Å². The van der Waals surface area contributed by atoms with E-state index in [9.17, 15) is 43.2 Å². The quantitative estimate of drug-likeness (QED) is 0.364. The van der Waals surface area contributed by atoms with Crippen LogP contribution in [0.1, 0.15) is 34.1 Å². The summed E-state index contributed by atoms with van der Waals surface area (Å²) in [6.45, 7) is 4.42. The van der Waals surface area contributed by atoms with Gasteiger partial charge in [-0.3, -0.25) is 8.37 Å². The van der Waals surface area contributed by atoms with Crippen molar-refractivity contribution in [2.75, 3.05) is 0 Å². The molecule has 2 atom stereocenters. The molecule has 0 N–H and O–H groups in total. The van der Waals surface area contributed by atoms with Gasteiger partial charge < -0.3 is 0 Å². The zero-order chi connectivity index (χ0) is 19.8. The highest BCUT2D eigenvalue weighted by Gasteiger charge is 2.54.